The molecular formula is C12H17ClN2O3. The lowest BCUT2D eigenvalue weighted by Gasteiger charge is -2.25. The van der Waals surface area contributed by atoms with Gasteiger partial charge in [0.2, 0.25) is 0 Å². The van der Waals surface area contributed by atoms with Crippen molar-refractivity contribution >= 4 is 28.9 Å². The zero-order valence-corrected chi connectivity index (χ0v) is 10.9. The van der Waals surface area contributed by atoms with E-state index < -0.39 is 5.97 Å². The topological polar surface area (TPSA) is 86.8 Å². The van der Waals surface area contributed by atoms with Gasteiger partial charge in [-0.05, 0) is 25.5 Å². The molecule has 0 aromatic heterocycles. The molecule has 5 nitrogen and oxygen atoms in total. The lowest BCUT2D eigenvalue weighted by Crippen LogP contribution is -2.27. The molecule has 0 radical (unpaired) electrons. The fourth-order valence-corrected chi connectivity index (χ4v) is 2.14. The number of carboxylic acid groups (broad SMARTS) is 1. The second kappa shape index (κ2) is 6.47. The minimum atomic E-state index is -1.07. The number of nitrogen functional groups attached to an aromatic ring is 1. The number of hydrogen-bond acceptors (Lipinski definition) is 4. The summed E-state index contributed by atoms with van der Waals surface area (Å²) in [5.74, 6) is -1.07. The molecular weight excluding hydrogens is 256 g/mol. The first kappa shape index (κ1) is 14.6. The van der Waals surface area contributed by atoms with E-state index in [9.17, 15) is 9.90 Å². The van der Waals surface area contributed by atoms with Crippen LogP contribution >= 0.6 is 11.6 Å². The molecule has 0 amide bonds. The standard InChI is InChI=1S/C12H17ClN2O3/c1-2-15(4-3-5-16)11-9(12(17)18)6-8(14)7-10(11)13/h6-7,16H,2-5,14H2,1H3,(H,17,18). The van der Waals surface area contributed by atoms with Gasteiger partial charge in [-0.3, -0.25) is 0 Å². The summed E-state index contributed by atoms with van der Waals surface area (Å²) in [6.07, 6.45) is 0.549. The Labute approximate surface area is 111 Å². The Morgan fingerprint density at radius 3 is 2.67 bits per heavy atom. The molecule has 1 aromatic rings. The maximum Gasteiger partial charge on any atom is 0.337 e. The molecule has 0 spiro atoms. The van der Waals surface area contributed by atoms with E-state index in [4.69, 9.17) is 22.4 Å². The first-order valence-electron chi connectivity index (χ1n) is 5.69. The summed E-state index contributed by atoms with van der Waals surface area (Å²) in [4.78, 5) is 13.1. The van der Waals surface area contributed by atoms with Gasteiger partial charge in [-0.1, -0.05) is 11.6 Å². The molecule has 0 heterocycles. The number of halogens is 1. The molecule has 0 aliphatic rings. The van der Waals surface area contributed by atoms with Gasteiger partial charge < -0.3 is 20.8 Å². The van der Waals surface area contributed by atoms with E-state index in [2.05, 4.69) is 0 Å². The van der Waals surface area contributed by atoms with E-state index in [0.29, 0.717) is 35.9 Å². The van der Waals surface area contributed by atoms with Crippen molar-refractivity contribution in [1.82, 2.24) is 0 Å². The van der Waals surface area contributed by atoms with Gasteiger partial charge >= 0.3 is 5.97 Å². The number of rotatable bonds is 6. The Morgan fingerprint density at radius 1 is 1.50 bits per heavy atom. The van der Waals surface area contributed by atoms with Gasteiger partial charge in [-0.15, -0.1) is 0 Å². The van der Waals surface area contributed by atoms with Crippen LogP contribution in [0.1, 0.15) is 23.7 Å². The maximum absolute atomic E-state index is 11.2. The Hall–Kier alpha value is -1.46. The molecule has 0 saturated heterocycles. The molecule has 4 N–H and O–H groups in total. The van der Waals surface area contributed by atoms with E-state index >= 15 is 0 Å². The predicted molar refractivity (Wildman–Crippen MR) is 72.4 cm³/mol. The molecule has 0 unspecified atom stereocenters. The van der Waals surface area contributed by atoms with E-state index in [0.717, 1.165) is 0 Å². The minimum Gasteiger partial charge on any atom is -0.478 e. The lowest BCUT2D eigenvalue weighted by molar-refractivity contribution is 0.0697. The van der Waals surface area contributed by atoms with E-state index in [1.807, 2.05) is 11.8 Å². The van der Waals surface area contributed by atoms with Crippen LogP contribution in [-0.4, -0.2) is 35.9 Å². The SMILES string of the molecule is CCN(CCCO)c1c(Cl)cc(N)cc1C(=O)O. The maximum atomic E-state index is 11.2. The van der Waals surface area contributed by atoms with Gasteiger partial charge in [0.1, 0.15) is 0 Å². The van der Waals surface area contributed by atoms with Crippen molar-refractivity contribution in [3.05, 3.63) is 22.7 Å². The van der Waals surface area contributed by atoms with Crippen molar-refractivity contribution in [2.45, 2.75) is 13.3 Å². The van der Waals surface area contributed by atoms with Crippen LogP contribution in [-0.2, 0) is 0 Å². The highest BCUT2D eigenvalue weighted by molar-refractivity contribution is 6.34. The Bertz CT molecular complexity index is 438. The highest BCUT2D eigenvalue weighted by Gasteiger charge is 2.19. The summed E-state index contributed by atoms with van der Waals surface area (Å²) in [5.41, 5.74) is 6.46. The minimum absolute atomic E-state index is 0.0471. The van der Waals surface area contributed by atoms with Gasteiger partial charge in [-0.25, -0.2) is 4.79 Å². The monoisotopic (exact) mass is 272 g/mol. The normalized spacial score (nSPS) is 10.4. The van der Waals surface area contributed by atoms with Crippen LogP contribution in [0.2, 0.25) is 5.02 Å². The van der Waals surface area contributed by atoms with Crippen LogP contribution in [0.25, 0.3) is 0 Å². The predicted octanol–water partition coefficient (Wildman–Crippen LogP) is 1.83. The zero-order valence-electron chi connectivity index (χ0n) is 10.2. The zero-order chi connectivity index (χ0) is 13.7. The van der Waals surface area contributed by atoms with E-state index in [1.165, 1.54) is 12.1 Å². The van der Waals surface area contributed by atoms with Crippen molar-refractivity contribution in [3.63, 3.8) is 0 Å². The molecule has 0 atom stereocenters. The number of carboxylic acids is 1. The van der Waals surface area contributed by atoms with Crippen molar-refractivity contribution < 1.29 is 15.0 Å². The number of aliphatic hydroxyl groups is 1. The molecule has 0 saturated carbocycles. The molecule has 0 fully saturated rings. The van der Waals surface area contributed by atoms with Gasteiger partial charge in [0.15, 0.2) is 0 Å². The number of aromatic carboxylic acids is 1. The van der Waals surface area contributed by atoms with E-state index in [1.54, 1.807) is 0 Å². The molecule has 0 bridgehead atoms. The van der Waals surface area contributed by atoms with Crippen LogP contribution in [0.4, 0.5) is 11.4 Å². The third kappa shape index (κ3) is 3.27. The average Bonchev–Trinajstić information content (AvgIpc) is 2.31. The summed E-state index contributed by atoms with van der Waals surface area (Å²) in [6.45, 7) is 3.09. The number of nitrogens with two attached hydrogens (primary N) is 1. The number of hydrogen-bond donors (Lipinski definition) is 3. The van der Waals surface area contributed by atoms with Crippen molar-refractivity contribution in [1.29, 1.82) is 0 Å². The van der Waals surface area contributed by atoms with Crippen LogP contribution in [0.5, 0.6) is 0 Å². The van der Waals surface area contributed by atoms with Gasteiger partial charge in [-0.2, -0.15) is 0 Å². The summed E-state index contributed by atoms with van der Waals surface area (Å²) >= 11 is 6.08. The van der Waals surface area contributed by atoms with Crippen LogP contribution in [0.3, 0.4) is 0 Å². The Kier molecular flexibility index (Phi) is 5.25. The smallest absolute Gasteiger partial charge is 0.337 e. The van der Waals surface area contributed by atoms with Gasteiger partial charge in [0.05, 0.1) is 16.3 Å². The summed E-state index contributed by atoms with van der Waals surface area (Å²) < 4.78 is 0. The quantitative estimate of drug-likeness (QED) is 0.688. The molecule has 6 heteroatoms. The molecule has 0 aliphatic heterocycles. The largest absolute Gasteiger partial charge is 0.478 e. The van der Waals surface area contributed by atoms with Crippen molar-refractivity contribution in [2.75, 3.05) is 30.3 Å². The highest BCUT2D eigenvalue weighted by atomic mass is 35.5. The molecule has 1 aromatic carbocycles. The van der Waals surface area contributed by atoms with Crippen LogP contribution in [0.15, 0.2) is 12.1 Å². The first-order valence-corrected chi connectivity index (χ1v) is 6.07. The van der Waals surface area contributed by atoms with Crippen molar-refractivity contribution in [3.8, 4) is 0 Å². The highest BCUT2D eigenvalue weighted by Crippen LogP contribution is 2.32. The molecule has 100 valence electrons. The summed E-state index contributed by atoms with van der Waals surface area (Å²) in [7, 11) is 0. The second-order valence-corrected chi connectivity index (χ2v) is 4.27. The molecule has 18 heavy (non-hydrogen) atoms. The summed E-state index contributed by atoms with van der Waals surface area (Å²) in [6, 6.07) is 2.93. The van der Waals surface area contributed by atoms with Crippen LogP contribution in [0, 0.1) is 0 Å². The van der Waals surface area contributed by atoms with Gasteiger partial charge in [0, 0.05) is 25.4 Å². The summed E-state index contributed by atoms with van der Waals surface area (Å²) in [5, 5.41) is 18.4. The number of benzene rings is 1. The number of aliphatic hydroxyl groups excluding tert-OH is 1. The van der Waals surface area contributed by atoms with Crippen molar-refractivity contribution in [2.24, 2.45) is 0 Å². The number of carbonyl (C=O) groups is 1. The Balaban J connectivity index is 3.22. The third-order valence-electron chi connectivity index (χ3n) is 2.60. The fraction of sp³-hybridized carbons (Fsp3) is 0.417. The number of nitrogens with zero attached hydrogens (tertiary/aromatic N) is 1. The molecule has 1 rings (SSSR count). The lowest BCUT2D eigenvalue weighted by atomic mass is 10.1. The van der Waals surface area contributed by atoms with Crippen LogP contribution < -0.4 is 10.6 Å². The number of anilines is 2. The first-order chi connectivity index (χ1) is 8.51. The van der Waals surface area contributed by atoms with E-state index in [-0.39, 0.29) is 12.2 Å². The third-order valence-corrected chi connectivity index (χ3v) is 2.89. The molecule has 0 aliphatic carbocycles. The fourth-order valence-electron chi connectivity index (χ4n) is 1.79. The second-order valence-electron chi connectivity index (χ2n) is 3.86. The van der Waals surface area contributed by atoms with Gasteiger partial charge in [0.25, 0.3) is 0 Å². The Morgan fingerprint density at radius 2 is 2.17 bits per heavy atom. The average molecular weight is 273 g/mol.